The van der Waals surface area contributed by atoms with Gasteiger partial charge in [-0.3, -0.25) is 0 Å². The Labute approximate surface area is 368 Å². The molecule has 0 aliphatic heterocycles. The summed E-state index contributed by atoms with van der Waals surface area (Å²) < 4.78 is 5.10. The average molecular weight is 879 g/mol. The minimum atomic E-state index is -3.15. The second-order valence-electron chi connectivity index (χ2n) is 18.1. The normalized spacial score (nSPS) is 12.9. The molecular formula is C55H56Cl2Zr. The fourth-order valence-corrected chi connectivity index (χ4v) is 19.3. The van der Waals surface area contributed by atoms with Crippen LogP contribution >= 0.6 is 0 Å². The van der Waals surface area contributed by atoms with E-state index in [2.05, 4.69) is 213 Å². The number of aryl methyl sites for hydroxylation is 1. The summed E-state index contributed by atoms with van der Waals surface area (Å²) in [6.07, 6.45) is 9.33. The van der Waals surface area contributed by atoms with Gasteiger partial charge in [0.2, 0.25) is 0 Å². The van der Waals surface area contributed by atoms with E-state index < -0.39 is 21.3 Å². The zero-order valence-corrected chi connectivity index (χ0v) is 39.3. The van der Waals surface area contributed by atoms with Crippen molar-refractivity contribution in [3.63, 3.8) is 0 Å². The van der Waals surface area contributed by atoms with Crippen molar-refractivity contribution in [3.05, 3.63) is 217 Å². The molecule has 0 N–H and O–H groups in total. The Kier molecular flexibility index (Phi) is 13.4. The van der Waals surface area contributed by atoms with Gasteiger partial charge in [0, 0.05) is 0 Å². The van der Waals surface area contributed by atoms with Gasteiger partial charge in [-0.05, 0) is 0 Å². The van der Waals surface area contributed by atoms with E-state index in [1.54, 1.807) is 15.3 Å². The van der Waals surface area contributed by atoms with Crippen molar-refractivity contribution in [1.82, 2.24) is 0 Å². The third-order valence-electron chi connectivity index (χ3n) is 12.2. The molecule has 0 fully saturated rings. The van der Waals surface area contributed by atoms with Crippen LogP contribution in [0.3, 0.4) is 0 Å². The Hall–Kier alpha value is -3.87. The second-order valence-corrected chi connectivity index (χ2v) is 24.2. The molecule has 0 saturated heterocycles. The van der Waals surface area contributed by atoms with Gasteiger partial charge in [0.25, 0.3) is 0 Å². The molecule has 0 atom stereocenters. The van der Waals surface area contributed by atoms with Crippen molar-refractivity contribution in [1.29, 1.82) is 0 Å². The Morgan fingerprint density at radius 1 is 0.552 bits per heavy atom. The van der Waals surface area contributed by atoms with E-state index >= 15 is 0 Å². The summed E-state index contributed by atoms with van der Waals surface area (Å²) >= 11 is -3.15. The minimum absolute atomic E-state index is 0. The van der Waals surface area contributed by atoms with Gasteiger partial charge in [0.15, 0.2) is 0 Å². The molecular weight excluding hydrogens is 823 g/mol. The first-order chi connectivity index (χ1) is 26.9. The molecule has 0 unspecified atom stereocenters. The van der Waals surface area contributed by atoms with E-state index in [-0.39, 0.29) is 47.5 Å². The van der Waals surface area contributed by atoms with E-state index in [1.807, 2.05) is 0 Å². The largest absolute Gasteiger partial charge is 1.00 e. The van der Waals surface area contributed by atoms with Gasteiger partial charge in [-0.15, -0.1) is 0 Å². The van der Waals surface area contributed by atoms with E-state index in [4.69, 9.17) is 0 Å². The van der Waals surface area contributed by atoms with Crippen LogP contribution in [0.25, 0.3) is 11.1 Å². The molecule has 294 valence electrons. The summed E-state index contributed by atoms with van der Waals surface area (Å²) in [7, 11) is 0. The molecule has 0 amide bonds. The molecule has 0 bridgehead atoms. The molecule has 0 nitrogen and oxygen atoms in total. The number of halogens is 2. The van der Waals surface area contributed by atoms with Crippen LogP contribution in [0.15, 0.2) is 161 Å². The van der Waals surface area contributed by atoms with Gasteiger partial charge in [-0.25, -0.2) is 0 Å². The van der Waals surface area contributed by atoms with Crippen molar-refractivity contribution in [2.75, 3.05) is 0 Å². The summed E-state index contributed by atoms with van der Waals surface area (Å²) in [5, 5.41) is 0. The first-order valence-corrected chi connectivity index (χ1v) is 24.2. The van der Waals surface area contributed by atoms with Crippen molar-refractivity contribution in [2.24, 2.45) is 0 Å². The first kappa shape index (κ1) is 43.7. The molecule has 0 heterocycles. The molecule has 3 heteroatoms. The molecule has 2 aliphatic carbocycles. The van der Waals surface area contributed by atoms with Crippen LogP contribution in [-0.2, 0) is 38.5 Å². The summed E-state index contributed by atoms with van der Waals surface area (Å²) in [4.78, 5) is 0. The fraction of sp³-hybridized carbons (Fsp3) is 0.255. The fourth-order valence-electron chi connectivity index (χ4n) is 9.80. The predicted molar refractivity (Wildman–Crippen MR) is 237 cm³/mol. The minimum Gasteiger partial charge on any atom is -1.00 e. The third kappa shape index (κ3) is 8.43. The molecule has 0 aromatic heterocycles. The Bertz CT molecular complexity index is 2320. The van der Waals surface area contributed by atoms with Crippen molar-refractivity contribution in [3.8, 4) is 11.1 Å². The molecule has 0 spiro atoms. The first-order valence-electron chi connectivity index (χ1n) is 20.5. The Morgan fingerprint density at radius 3 is 1.38 bits per heavy atom. The SMILES string of the molecule is Cc1cc2c(cc1C(C)(C)C)-c1cc(C(C)(C)C)c(C)[c]([Zr+2]([C]3=CC=CC3)=[C](C(c3ccccc3)c3ccccc3)C(c3ccccc3)c3ccccc3)c1C2.[Cl-].[Cl-]. The van der Waals surface area contributed by atoms with Crippen molar-refractivity contribution in [2.45, 2.75) is 90.9 Å². The quantitative estimate of drug-likeness (QED) is 0.150. The Balaban J connectivity index is 0.00000283. The standard InChI is InChI=1S/C27H22.C23H29.C5H5.2ClH.Zr/c1-5-13-22(14-6-1)26(23-15-7-2-8-16-23)21-27(24-17-9-3-10-18-24)25-19-11-4-12-20-25;1-14-9-16-11-17-10-15(2)21(23(6,7)8)13-19(17)18(16)12-20(14)22(3,4)5;1-2-4-5-3-1;;;/h1-20,26-27H;9,12-13H,11H2,1-8H3;1-3H,4H2;2*1H;/q;;;;;+2/p-2. The Morgan fingerprint density at radius 2 is 0.983 bits per heavy atom. The van der Waals surface area contributed by atoms with Gasteiger partial charge < -0.3 is 24.8 Å². The van der Waals surface area contributed by atoms with Crippen molar-refractivity contribution >= 4 is 6.48 Å². The van der Waals surface area contributed by atoms with Crippen LogP contribution in [0, 0.1) is 13.8 Å². The molecule has 8 rings (SSSR count). The number of hydrogen-bond donors (Lipinski definition) is 0. The molecule has 6 aromatic carbocycles. The number of allylic oxidation sites excluding steroid dienone is 4. The van der Waals surface area contributed by atoms with Gasteiger partial charge in [0.1, 0.15) is 0 Å². The van der Waals surface area contributed by atoms with E-state index in [9.17, 15) is 0 Å². The maximum Gasteiger partial charge on any atom is -1.00 e. The second kappa shape index (κ2) is 17.8. The molecule has 6 aromatic rings. The predicted octanol–water partition coefficient (Wildman–Crippen LogP) is 7.40. The number of benzene rings is 6. The van der Waals surface area contributed by atoms with Crippen LogP contribution in [0.1, 0.15) is 115 Å². The van der Waals surface area contributed by atoms with Crippen molar-refractivity contribution < 1.29 is 46.1 Å². The smallest absolute Gasteiger partial charge is 1.00 e. The summed E-state index contributed by atoms with van der Waals surface area (Å²) in [5.74, 6) is 0.233. The van der Waals surface area contributed by atoms with E-state index in [0.717, 1.165) is 12.8 Å². The maximum atomic E-state index is 2.61. The average Bonchev–Trinajstić information content (AvgIpc) is 3.84. The number of fused-ring (bicyclic) bond motifs is 3. The molecule has 58 heavy (non-hydrogen) atoms. The van der Waals surface area contributed by atoms with E-state index in [1.165, 1.54) is 61.2 Å². The number of rotatable bonds is 8. The topological polar surface area (TPSA) is 0 Å². The maximum absolute atomic E-state index is 3.15. The van der Waals surface area contributed by atoms with Crippen LogP contribution < -0.4 is 28.1 Å². The van der Waals surface area contributed by atoms with Crippen LogP contribution in [-0.4, -0.2) is 3.21 Å². The van der Waals surface area contributed by atoms with Gasteiger partial charge in [0.05, 0.1) is 0 Å². The molecule has 0 saturated carbocycles. The summed E-state index contributed by atoms with van der Waals surface area (Å²) in [5.41, 5.74) is 17.5. The van der Waals surface area contributed by atoms with E-state index in [0.29, 0.717) is 0 Å². The summed E-state index contributed by atoms with van der Waals surface area (Å²) in [6, 6.07) is 53.5. The zero-order valence-electron chi connectivity index (χ0n) is 35.3. The van der Waals surface area contributed by atoms with Crippen LogP contribution in [0.4, 0.5) is 0 Å². The van der Waals surface area contributed by atoms with Gasteiger partial charge in [-0.1, -0.05) is 0 Å². The summed E-state index contributed by atoms with van der Waals surface area (Å²) in [6.45, 7) is 19.2. The van der Waals surface area contributed by atoms with Gasteiger partial charge >= 0.3 is 346 Å². The van der Waals surface area contributed by atoms with Crippen LogP contribution in [0.5, 0.6) is 0 Å². The van der Waals surface area contributed by atoms with Gasteiger partial charge in [-0.2, -0.15) is 0 Å². The van der Waals surface area contributed by atoms with Crippen LogP contribution in [0.2, 0.25) is 0 Å². The monoisotopic (exact) mass is 876 g/mol. The zero-order chi connectivity index (χ0) is 39.2. The molecule has 2 aliphatic rings. The number of hydrogen-bond acceptors (Lipinski definition) is 0. The third-order valence-corrected chi connectivity index (χ3v) is 20.4. The molecule has 0 radical (unpaired) electrons.